The molecule has 0 saturated carbocycles. The summed E-state index contributed by atoms with van der Waals surface area (Å²) >= 11 is 0. The zero-order valence-corrected chi connectivity index (χ0v) is 11.8. The first-order valence-corrected chi connectivity index (χ1v) is 6.51. The summed E-state index contributed by atoms with van der Waals surface area (Å²) < 4.78 is 0. The average Bonchev–Trinajstić information content (AvgIpc) is 2.28. The van der Waals surface area contributed by atoms with Gasteiger partial charge in [-0.05, 0) is 44.9 Å². The van der Waals surface area contributed by atoms with E-state index in [0.29, 0.717) is 5.56 Å². The highest BCUT2D eigenvalue weighted by Gasteiger charge is 2.14. The van der Waals surface area contributed by atoms with Crippen molar-refractivity contribution in [2.45, 2.75) is 46.1 Å². The highest BCUT2D eigenvalue weighted by Crippen LogP contribution is 2.09. The van der Waals surface area contributed by atoms with Crippen molar-refractivity contribution < 1.29 is 4.79 Å². The van der Waals surface area contributed by atoms with Gasteiger partial charge < -0.3 is 5.32 Å². The minimum absolute atomic E-state index is 0.0217. The fourth-order valence-electron chi connectivity index (χ4n) is 1.54. The Morgan fingerprint density at radius 3 is 2.33 bits per heavy atom. The molecule has 0 bridgehead atoms. The van der Waals surface area contributed by atoms with Gasteiger partial charge in [-0.15, -0.1) is 0 Å². The van der Waals surface area contributed by atoms with Gasteiger partial charge in [-0.2, -0.15) is 0 Å². The van der Waals surface area contributed by atoms with Crippen LogP contribution in [-0.2, 0) is 0 Å². The molecule has 0 aliphatic carbocycles. The zero-order chi connectivity index (χ0) is 13.6. The van der Waals surface area contributed by atoms with Gasteiger partial charge in [0.25, 0.3) is 5.91 Å². The fourth-order valence-corrected chi connectivity index (χ4v) is 1.54. The van der Waals surface area contributed by atoms with E-state index < -0.39 is 0 Å². The number of nitrogens with one attached hydrogen (secondary N) is 1. The molecular formula is C16H23NO. The molecule has 1 aromatic rings. The minimum Gasteiger partial charge on any atom is -0.347 e. The van der Waals surface area contributed by atoms with Crippen LogP contribution >= 0.6 is 0 Å². The topological polar surface area (TPSA) is 29.1 Å². The van der Waals surface area contributed by atoms with Crippen LogP contribution < -0.4 is 5.32 Å². The fraction of sp³-hybridized carbons (Fsp3) is 0.438. The number of benzene rings is 1. The molecule has 1 N–H and O–H groups in total. The summed E-state index contributed by atoms with van der Waals surface area (Å²) in [5.74, 6) is -0.0217. The zero-order valence-electron chi connectivity index (χ0n) is 11.8. The third-order valence-electron chi connectivity index (χ3n) is 2.43. The normalized spacial score (nSPS) is 11.8. The number of hydrogen-bond donors (Lipinski definition) is 1. The van der Waals surface area contributed by atoms with E-state index in [1.807, 2.05) is 45.0 Å². The molecule has 0 atom stereocenters. The maximum atomic E-state index is 11.9. The Bertz CT molecular complexity index is 410. The van der Waals surface area contributed by atoms with Crippen LogP contribution in [0.4, 0.5) is 0 Å². The van der Waals surface area contributed by atoms with Crippen molar-refractivity contribution in [2.24, 2.45) is 0 Å². The lowest BCUT2D eigenvalue weighted by Gasteiger charge is -2.20. The van der Waals surface area contributed by atoms with Crippen LogP contribution in [0.25, 0.3) is 6.08 Å². The third kappa shape index (κ3) is 5.17. The van der Waals surface area contributed by atoms with Crippen molar-refractivity contribution in [2.75, 3.05) is 0 Å². The summed E-state index contributed by atoms with van der Waals surface area (Å²) in [7, 11) is 0. The lowest BCUT2D eigenvalue weighted by molar-refractivity contribution is 0.0919. The van der Waals surface area contributed by atoms with Crippen molar-refractivity contribution in [3.8, 4) is 0 Å². The SMILES string of the molecule is CCCC=Cc1ccc(C(=O)NC(C)(C)C)cc1. The van der Waals surface area contributed by atoms with Gasteiger partial charge in [0.05, 0.1) is 0 Å². The van der Waals surface area contributed by atoms with Crippen LogP contribution in [-0.4, -0.2) is 11.4 Å². The first kappa shape index (κ1) is 14.5. The molecule has 0 spiro atoms. The maximum Gasteiger partial charge on any atom is 0.251 e. The summed E-state index contributed by atoms with van der Waals surface area (Å²) in [4.78, 5) is 11.9. The maximum absolute atomic E-state index is 11.9. The summed E-state index contributed by atoms with van der Waals surface area (Å²) in [5, 5.41) is 2.95. The predicted octanol–water partition coefficient (Wildman–Crippen LogP) is 4.03. The van der Waals surface area contributed by atoms with Gasteiger partial charge >= 0.3 is 0 Å². The molecule has 2 heteroatoms. The van der Waals surface area contributed by atoms with Gasteiger partial charge in [0.2, 0.25) is 0 Å². The van der Waals surface area contributed by atoms with E-state index in [1.54, 1.807) is 0 Å². The number of carbonyl (C=O) groups is 1. The molecule has 0 saturated heterocycles. The number of hydrogen-bond acceptors (Lipinski definition) is 1. The second kappa shape index (κ2) is 6.39. The van der Waals surface area contributed by atoms with Crippen LogP contribution in [0.1, 0.15) is 56.5 Å². The van der Waals surface area contributed by atoms with Gasteiger partial charge in [0, 0.05) is 11.1 Å². The molecule has 1 rings (SSSR count). The number of allylic oxidation sites excluding steroid dienone is 1. The average molecular weight is 245 g/mol. The van der Waals surface area contributed by atoms with Crippen LogP contribution in [0, 0.1) is 0 Å². The van der Waals surface area contributed by atoms with E-state index in [2.05, 4.69) is 24.4 Å². The number of amides is 1. The van der Waals surface area contributed by atoms with E-state index in [-0.39, 0.29) is 11.4 Å². The molecular weight excluding hydrogens is 222 g/mol. The van der Waals surface area contributed by atoms with Crippen molar-refractivity contribution >= 4 is 12.0 Å². The standard InChI is InChI=1S/C16H23NO/c1-5-6-7-8-13-9-11-14(12-10-13)15(18)17-16(2,3)4/h7-12H,5-6H2,1-4H3,(H,17,18). The summed E-state index contributed by atoms with van der Waals surface area (Å²) in [6, 6.07) is 7.69. The highest BCUT2D eigenvalue weighted by molar-refractivity contribution is 5.94. The minimum atomic E-state index is -0.198. The van der Waals surface area contributed by atoms with Gasteiger partial charge in [-0.3, -0.25) is 4.79 Å². The molecule has 98 valence electrons. The highest BCUT2D eigenvalue weighted by atomic mass is 16.1. The van der Waals surface area contributed by atoms with Gasteiger partial charge in [0.1, 0.15) is 0 Å². The molecule has 1 aromatic carbocycles. The molecule has 0 aliphatic rings. The van der Waals surface area contributed by atoms with Gasteiger partial charge in [0.15, 0.2) is 0 Å². The van der Waals surface area contributed by atoms with Crippen LogP contribution in [0.15, 0.2) is 30.3 Å². The molecule has 1 amide bonds. The second-order valence-corrected chi connectivity index (χ2v) is 5.52. The van der Waals surface area contributed by atoms with E-state index >= 15 is 0 Å². The summed E-state index contributed by atoms with van der Waals surface area (Å²) in [5.41, 5.74) is 1.64. The molecule has 2 nitrogen and oxygen atoms in total. The van der Waals surface area contributed by atoms with E-state index in [4.69, 9.17) is 0 Å². The van der Waals surface area contributed by atoms with E-state index in [1.165, 1.54) is 0 Å². The Balaban J connectivity index is 2.68. The quantitative estimate of drug-likeness (QED) is 0.852. The van der Waals surface area contributed by atoms with Gasteiger partial charge in [-0.1, -0.05) is 37.6 Å². The Hall–Kier alpha value is -1.57. The predicted molar refractivity (Wildman–Crippen MR) is 77.6 cm³/mol. The first-order valence-electron chi connectivity index (χ1n) is 6.51. The van der Waals surface area contributed by atoms with Crippen molar-refractivity contribution in [1.29, 1.82) is 0 Å². The van der Waals surface area contributed by atoms with Crippen LogP contribution in [0.5, 0.6) is 0 Å². The molecule has 0 radical (unpaired) electrons. The Kier molecular flexibility index (Phi) is 5.14. The Labute approximate surface area is 110 Å². The lowest BCUT2D eigenvalue weighted by Crippen LogP contribution is -2.40. The van der Waals surface area contributed by atoms with Crippen LogP contribution in [0.3, 0.4) is 0 Å². The third-order valence-corrected chi connectivity index (χ3v) is 2.43. The Morgan fingerprint density at radius 1 is 1.22 bits per heavy atom. The van der Waals surface area contributed by atoms with Crippen molar-refractivity contribution in [3.63, 3.8) is 0 Å². The van der Waals surface area contributed by atoms with E-state index in [9.17, 15) is 4.79 Å². The number of rotatable bonds is 4. The van der Waals surface area contributed by atoms with Crippen LogP contribution in [0.2, 0.25) is 0 Å². The smallest absolute Gasteiger partial charge is 0.251 e. The molecule has 0 unspecified atom stereocenters. The monoisotopic (exact) mass is 245 g/mol. The van der Waals surface area contributed by atoms with Crippen molar-refractivity contribution in [3.05, 3.63) is 41.5 Å². The summed E-state index contributed by atoms with van der Waals surface area (Å²) in [6.07, 6.45) is 6.49. The molecule has 0 aromatic heterocycles. The summed E-state index contributed by atoms with van der Waals surface area (Å²) in [6.45, 7) is 8.09. The van der Waals surface area contributed by atoms with Gasteiger partial charge in [-0.25, -0.2) is 0 Å². The lowest BCUT2D eigenvalue weighted by atomic mass is 10.1. The molecule has 0 aliphatic heterocycles. The second-order valence-electron chi connectivity index (χ2n) is 5.52. The molecule has 0 fully saturated rings. The largest absolute Gasteiger partial charge is 0.347 e. The molecule has 18 heavy (non-hydrogen) atoms. The first-order chi connectivity index (χ1) is 8.42. The number of unbranched alkanes of at least 4 members (excludes halogenated alkanes) is 1. The van der Waals surface area contributed by atoms with Crippen molar-refractivity contribution in [1.82, 2.24) is 5.32 Å². The van der Waals surface area contributed by atoms with E-state index in [0.717, 1.165) is 18.4 Å². The molecule has 0 heterocycles. The Morgan fingerprint density at radius 2 is 1.83 bits per heavy atom. The number of carbonyl (C=O) groups excluding carboxylic acids is 1.